The van der Waals surface area contributed by atoms with E-state index in [0.717, 1.165) is 19.3 Å². The molecular formula is C12H17O. The number of Topliss-reactive ketones (excluding diaryl/α,β-unsaturated/α-hetero) is 1. The van der Waals surface area contributed by atoms with Gasteiger partial charge in [-0.1, -0.05) is 11.6 Å². The summed E-state index contributed by atoms with van der Waals surface area (Å²) in [5.74, 6) is 1.26. The van der Waals surface area contributed by atoms with E-state index in [-0.39, 0.29) is 5.92 Å². The Balaban J connectivity index is 2.19. The van der Waals surface area contributed by atoms with Crippen molar-refractivity contribution in [2.75, 3.05) is 0 Å². The number of hydrogen-bond acceptors (Lipinski definition) is 1. The summed E-state index contributed by atoms with van der Waals surface area (Å²) in [5, 5.41) is 0. The average Bonchev–Trinajstić information content (AvgIpc) is 2.29. The van der Waals surface area contributed by atoms with E-state index < -0.39 is 0 Å². The third-order valence-corrected chi connectivity index (χ3v) is 3.27. The van der Waals surface area contributed by atoms with Gasteiger partial charge in [-0.2, -0.15) is 0 Å². The van der Waals surface area contributed by atoms with Crippen LogP contribution in [0.2, 0.25) is 0 Å². The van der Waals surface area contributed by atoms with Crippen molar-refractivity contribution in [2.45, 2.75) is 39.0 Å². The van der Waals surface area contributed by atoms with Gasteiger partial charge < -0.3 is 0 Å². The molecule has 0 spiro atoms. The highest BCUT2D eigenvalue weighted by molar-refractivity contribution is 5.83. The van der Waals surface area contributed by atoms with Crippen molar-refractivity contribution in [1.82, 2.24) is 0 Å². The molecule has 2 aliphatic rings. The molecule has 2 unspecified atom stereocenters. The molecule has 1 saturated carbocycles. The summed E-state index contributed by atoms with van der Waals surface area (Å²) in [6.07, 6.45) is 9.96. The average molecular weight is 177 g/mol. The third-order valence-electron chi connectivity index (χ3n) is 3.27. The smallest absolute Gasteiger partial charge is 0.140 e. The van der Waals surface area contributed by atoms with E-state index in [1.165, 1.54) is 18.4 Å². The Morgan fingerprint density at radius 2 is 2.23 bits per heavy atom. The Kier molecular flexibility index (Phi) is 2.52. The molecule has 0 N–H and O–H groups in total. The molecule has 0 heterocycles. The fourth-order valence-corrected chi connectivity index (χ4v) is 2.46. The van der Waals surface area contributed by atoms with Crippen LogP contribution in [-0.2, 0) is 4.79 Å². The van der Waals surface area contributed by atoms with Gasteiger partial charge in [-0.3, -0.25) is 4.79 Å². The SMILES string of the molecule is CC1=CC2C(=O)CCC[CH]C2CC1. The van der Waals surface area contributed by atoms with Crippen molar-refractivity contribution < 1.29 is 4.79 Å². The molecule has 0 aromatic rings. The Morgan fingerprint density at radius 3 is 3.08 bits per heavy atom. The monoisotopic (exact) mass is 177 g/mol. The van der Waals surface area contributed by atoms with E-state index in [4.69, 9.17) is 0 Å². The van der Waals surface area contributed by atoms with Crippen LogP contribution in [0.1, 0.15) is 39.0 Å². The maximum Gasteiger partial charge on any atom is 0.140 e. The van der Waals surface area contributed by atoms with E-state index in [2.05, 4.69) is 19.4 Å². The van der Waals surface area contributed by atoms with E-state index in [9.17, 15) is 4.79 Å². The molecule has 0 aromatic carbocycles. The summed E-state index contributed by atoms with van der Waals surface area (Å²) in [6.45, 7) is 2.15. The van der Waals surface area contributed by atoms with Crippen LogP contribution in [-0.4, -0.2) is 5.78 Å². The Hall–Kier alpha value is -0.590. The summed E-state index contributed by atoms with van der Waals surface area (Å²) in [4.78, 5) is 11.7. The summed E-state index contributed by atoms with van der Waals surface area (Å²) in [5.41, 5.74) is 1.41. The zero-order chi connectivity index (χ0) is 9.26. The number of fused-ring (bicyclic) bond motifs is 1. The maximum atomic E-state index is 11.7. The zero-order valence-electron chi connectivity index (χ0n) is 8.25. The van der Waals surface area contributed by atoms with Gasteiger partial charge in [-0.05, 0) is 44.9 Å². The lowest BCUT2D eigenvalue weighted by Crippen LogP contribution is -2.23. The molecule has 71 valence electrons. The summed E-state index contributed by atoms with van der Waals surface area (Å²) < 4.78 is 0. The molecular weight excluding hydrogens is 160 g/mol. The van der Waals surface area contributed by atoms with Crippen LogP contribution in [0.25, 0.3) is 0 Å². The van der Waals surface area contributed by atoms with Crippen molar-refractivity contribution >= 4 is 5.78 Å². The minimum atomic E-state index is 0.233. The van der Waals surface area contributed by atoms with Crippen LogP contribution in [0.5, 0.6) is 0 Å². The van der Waals surface area contributed by atoms with E-state index in [1.807, 2.05) is 0 Å². The van der Waals surface area contributed by atoms with Gasteiger partial charge in [0.1, 0.15) is 5.78 Å². The molecule has 13 heavy (non-hydrogen) atoms. The Bertz CT molecular complexity index is 240. The van der Waals surface area contributed by atoms with Crippen molar-refractivity contribution in [3.8, 4) is 0 Å². The molecule has 1 nitrogen and oxygen atoms in total. The molecule has 2 atom stereocenters. The molecule has 1 fully saturated rings. The highest BCUT2D eigenvalue weighted by Crippen LogP contribution is 2.35. The number of ketones is 1. The summed E-state index contributed by atoms with van der Waals surface area (Å²) in [7, 11) is 0. The second-order valence-corrected chi connectivity index (χ2v) is 4.34. The minimum absolute atomic E-state index is 0.233. The van der Waals surface area contributed by atoms with Crippen LogP contribution in [0, 0.1) is 18.3 Å². The lowest BCUT2D eigenvalue weighted by molar-refractivity contribution is -0.122. The second-order valence-electron chi connectivity index (χ2n) is 4.34. The molecule has 0 aliphatic heterocycles. The standard InChI is InChI=1S/C12H17O/c1-9-6-7-10-4-2-3-5-12(13)11(10)8-9/h4,8,10-11H,2-3,5-7H2,1H3. The molecule has 1 heteroatoms. The highest BCUT2D eigenvalue weighted by Gasteiger charge is 2.30. The molecule has 0 bridgehead atoms. The Morgan fingerprint density at radius 1 is 1.38 bits per heavy atom. The van der Waals surface area contributed by atoms with Crippen LogP contribution in [0.3, 0.4) is 0 Å². The van der Waals surface area contributed by atoms with Crippen molar-refractivity contribution in [1.29, 1.82) is 0 Å². The van der Waals surface area contributed by atoms with E-state index >= 15 is 0 Å². The number of carbonyl (C=O) groups is 1. The first-order valence-corrected chi connectivity index (χ1v) is 5.31. The van der Waals surface area contributed by atoms with Crippen molar-refractivity contribution in [3.05, 3.63) is 18.1 Å². The van der Waals surface area contributed by atoms with Gasteiger partial charge in [-0.15, -0.1) is 0 Å². The van der Waals surface area contributed by atoms with Gasteiger partial charge >= 0.3 is 0 Å². The lowest BCUT2D eigenvalue weighted by Gasteiger charge is -2.26. The molecule has 2 aliphatic carbocycles. The van der Waals surface area contributed by atoms with Gasteiger partial charge in [0.2, 0.25) is 0 Å². The summed E-state index contributed by atoms with van der Waals surface area (Å²) in [6, 6.07) is 0. The molecule has 1 radical (unpaired) electrons. The van der Waals surface area contributed by atoms with Crippen LogP contribution >= 0.6 is 0 Å². The van der Waals surface area contributed by atoms with E-state index in [1.54, 1.807) is 0 Å². The fourth-order valence-electron chi connectivity index (χ4n) is 2.46. The zero-order valence-corrected chi connectivity index (χ0v) is 8.25. The van der Waals surface area contributed by atoms with Crippen LogP contribution in [0.15, 0.2) is 11.6 Å². The second kappa shape index (κ2) is 3.65. The molecule has 0 aromatic heterocycles. The predicted molar refractivity (Wildman–Crippen MR) is 53.1 cm³/mol. The highest BCUT2D eigenvalue weighted by atomic mass is 16.1. The Labute approximate surface area is 80.2 Å². The van der Waals surface area contributed by atoms with Gasteiger partial charge in [0.15, 0.2) is 0 Å². The molecule has 2 rings (SSSR count). The van der Waals surface area contributed by atoms with Gasteiger partial charge in [0, 0.05) is 12.3 Å². The molecule has 0 amide bonds. The van der Waals surface area contributed by atoms with E-state index in [0.29, 0.717) is 11.7 Å². The van der Waals surface area contributed by atoms with Gasteiger partial charge in [0.25, 0.3) is 0 Å². The third kappa shape index (κ3) is 1.84. The first-order valence-electron chi connectivity index (χ1n) is 5.31. The molecule has 0 saturated heterocycles. The first-order chi connectivity index (χ1) is 6.27. The quantitative estimate of drug-likeness (QED) is 0.520. The maximum absolute atomic E-state index is 11.7. The number of carbonyl (C=O) groups excluding carboxylic acids is 1. The fraction of sp³-hybridized carbons (Fsp3) is 0.667. The predicted octanol–water partition coefficient (Wildman–Crippen LogP) is 2.92. The first kappa shape index (κ1) is 8.98. The van der Waals surface area contributed by atoms with Crippen molar-refractivity contribution in [3.63, 3.8) is 0 Å². The number of hydrogen-bond donors (Lipinski definition) is 0. The summed E-state index contributed by atoms with van der Waals surface area (Å²) >= 11 is 0. The largest absolute Gasteiger partial charge is 0.299 e. The minimum Gasteiger partial charge on any atom is -0.299 e. The number of rotatable bonds is 0. The lowest BCUT2D eigenvalue weighted by atomic mass is 9.78. The van der Waals surface area contributed by atoms with Gasteiger partial charge in [0.05, 0.1) is 0 Å². The van der Waals surface area contributed by atoms with Crippen molar-refractivity contribution in [2.24, 2.45) is 11.8 Å². The van der Waals surface area contributed by atoms with Crippen LogP contribution in [0.4, 0.5) is 0 Å². The number of allylic oxidation sites excluding steroid dienone is 2. The normalized spacial score (nSPS) is 34.8. The van der Waals surface area contributed by atoms with Gasteiger partial charge in [-0.25, -0.2) is 0 Å². The topological polar surface area (TPSA) is 17.1 Å². The van der Waals surface area contributed by atoms with Crippen LogP contribution < -0.4 is 0 Å².